The van der Waals surface area contributed by atoms with Gasteiger partial charge in [0, 0.05) is 32.0 Å². The number of nitrogens with zero attached hydrogens (tertiary/aromatic N) is 3. The van der Waals surface area contributed by atoms with Crippen molar-refractivity contribution in [3.8, 4) is 0 Å². The van der Waals surface area contributed by atoms with Crippen LogP contribution >= 0.6 is 0 Å². The average Bonchev–Trinajstić information content (AvgIpc) is 2.96. The van der Waals surface area contributed by atoms with Gasteiger partial charge in [-0.2, -0.15) is 5.10 Å². The third-order valence-corrected chi connectivity index (χ3v) is 4.62. The summed E-state index contributed by atoms with van der Waals surface area (Å²) in [4.78, 5) is 17.0. The molecule has 1 amide bonds. The van der Waals surface area contributed by atoms with Gasteiger partial charge in [0.05, 0.1) is 5.69 Å². The van der Waals surface area contributed by atoms with Crippen molar-refractivity contribution in [1.29, 1.82) is 0 Å². The van der Waals surface area contributed by atoms with E-state index in [9.17, 15) is 4.79 Å². The summed E-state index contributed by atoms with van der Waals surface area (Å²) in [5, 5.41) is 10.8. The van der Waals surface area contributed by atoms with E-state index < -0.39 is 0 Å². The Bertz CT molecular complexity index is 763. The third kappa shape index (κ3) is 3.19. The van der Waals surface area contributed by atoms with Gasteiger partial charge in [0.25, 0.3) is 5.91 Å². The minimum Gasteiger partial charge on any atom is -0.347 e. The van der Waals surface area contributed by atoms with Crippen LogP contribution in [0.4, 0.5) is 0 Å². The highest BCUT2D eigenvalue weighted by molar-refractivity contribution is 5.92. The minimum atomic E-state index is -0.0946. The Hall–Kier alpha value is -2.21. The summed E-state index contributed by atoms with van der Waals surface area (Å²) in [6.07, 6.45) is 2.92. The van der Waals surface area contributed by atoms with Gasteiger partial charge >= 0.3 is 0 Å². The molecule has 0 aromatic carbocycles. The second-order valence-electron chi connectivity index (χ2n) is 6.67. The summed E-state index contributed by atoms with van der Waals surface area (Å²) in [5.41, 5.74) is 6.23. The van der Waals surface area contributed by atoms with Crippen LogP contribution in [0.3, 0.4) is 0 Å². The fraction of sp³-hybridized carbons (Fsp3) is 0.500. The van der Waals surface area contributed by atoms with Crippen molar-refractivity contribution in [2.45, 2.75) is 46.2 Å². The predicted molar refractivity (Wildman–Crippen MR) is 92.9 cm³/mol. The number of carbonyl (C=O) groups excluding carboxylic acids is 1. The van der Waals surface area contributed by atoms with Gasteiger partial charge in [0.1, 0.15) is 5.69 Å². The van der Waals surface area contributed by atoms with Crippen LogP contribution in [0, 0.1) is 6.92 Å². The minimum absolute atomic E-state index is 0.0946. The topological polar surface area (TPSA) is 71.8 Å². The zero-order valence-corrected chi connectivity index (χ0v) is 14.8. The van der Waals surface area contributed by atoms with Crippen molar-refractivity contribution in [1.82, 2.24) is 25.4 Å². The van der Waals surface area contributed by atoms with Crippen molar-refractivity contribution in [3.05, 3.63) is 46.0 Å². The number of hydrogen-bond acceptors (Lipinski definition) is 4. The zero-order valence-electron chi connectivity index (χ0n) is 14.8. The molecular formula is C18H25N5O. The smallest absolute Gasteiger partial charge is 0.269 e. The maximum Gasteiger partial charge on any atom is 0.269 e. The quantitative estimate of drug-likeness (QED) is 0.898. The molecule has 128 valence electrons. The number of carbonyl (C=O) groups is 1. The lowest BCUT2D eigenvalue weighted by Crippen LogP contribution is -2.29. The second-order valence-corrected chi connectivity index (χ2v) is 6.67. The molecule has 2 aromatic heterocycles. The van der Waals surface area contributed by atoms with Crippen LogP contribution in [0.1, 0.15) is 58.3 Å². The Morgan fingerprint density at radius 3 is 2.96 bits per heavy atom. The maximum atomic E-state index is 12.5. The van der Waals surface area contributed by atoms with E-state index in [1.54, 1.807) is 4.68 Å². The highest BCUT2D eigenvalue weighted by Gasteiger charge is 2.18. The van der Waals surface area contributed by atoms with E-state index in [2.05, 4.69) is 34.6 Å². The number of aromatic nitrogens is 3. The Balaban J connectivity index is 1.78. The molecule has 2 N–H and O–H groups in total. The van der Waals surface area contributed by atoms with Gasteiger partial charge in [-0.3, -0.25) is 14.5 Å². The summed E-state index contributed by atoms with van der Waals surface area (Å²) >= 11 is 0. The normalized spacial score (nSPS) is 13.9. The van der Waals surface area contributed by atoms with Crippen LogP contribution in [-0.2, 0) is 26.6 Å². The zero-order chi connectivity index (χ0) is 17.3. The van der Waals surface area contributed by atoms with Crippen LogP contribution in [0.15, 0.2) is 12.3 Å². The van der Waals surface area contributed by atoms with Crippen LogP contribution in [-0.4, -0.2) is 27.2 Å². The average molecular weight is 327 g/mol. The van der Waals surface area contributed by atoms with Crippen molar-refractivity contribution >= 4 is 5.91 Å². The van der Waals surface area contributed by atoms with Crippen LogP contribution < -0.4 is 10.6 Å². The van der Waals surface area contributed by atoms with Gasteiger partial charge < -0.3 is 10.6 Å². The van der Waals surface area contributed by atoms with E-state index >= 15 is 0 Å². The van der Waals surface area contributed by atoms with Gasteiger partial charge in [0.2, 0.25) is 0 Å². The lowest BCUT2D eigenvalue weighted by Gasteiger charge is -2.21. The Morgan fingerprint density at radius 2 is 2.25 bits per heavy atom. The number of pyridine rings is 1. The molecule has 0 bridgehead atoms. The standard InChI is InChI=1S/C18H25N5O/c1-11(2)16-7-17(23(4)22-16)18(24)21-10-15-12(3)20-9-13-8-19-6-5-14(13)15/h7,9,11,19H,5-6,8,10H2,1-4H3,(H,21,24). The molecule has 24 heavy (non-hydrogen) atoms. The van der Waals surface area contributed by atoms with E-state index in [-0.39, 0.29) is 5.91 Å². The highest BCUT2D eigenvalue weighted by atomic mass is 16.2. The molecule has 0 saturated carbocycles. The first-order valence-electron chi connectivity index (χ1n) is 8.46. The molecule has 0 unspecified atom stereocenters. The molecule has 0 aliphatic carbocycles. The van der Waals surface area contributed by atoms with E-state index in [0.717, 1.165) is 36.5 Å². The Labute approximate surface area is 142 Å². The summed E-state index contributed by atoms with van der Waals surface area (Å²) in [6, 6.07) is 1.87. The second kappa shape index (κ2) is 6.73. The molecule has 3 heterocycles. The molecule has 0 radical (unpaired) electrons. The SMILES string of the molecule is Cc1ncc2c(c1CNC(=O)c1cc(C(C)C)nn1C)CCNC2. The molecule has 6 heteroatoms. The number of hydrogen-bond donors (Lipinski definition) is 2. The third-order valence-electron chi connectivity index (χ3n) is 4.62. The van der Waals surface area contributed by atoms with Crippen LogP contribution in [0.2, 0.25) is 0 Å². The first-order valence-corrected chi connectivity index (χ1v) is 8.46. The number of rotatable bonds is 4. The van der Waals surface area contributed by atoms with E-state index in [0.29, 0.717) is 18.2 Å². The van der Waals surface area contributed by atoms with Crippen LogP contribution in [0.25, 0.3) is 0 Å². The number of nitrogens with one attached hydrogen (secondary N) is 2. The number of amides is 1. The summed E-state index contributed by atoms with van der Waals surface area (Å²) in [6.45, 7) is 8.47. The maximum absolute atomic E-state index is 12.5. The molecular weight excluding hydrogens is 302 g/mol. The van der Waals surface area contributed by atoms with Crippen molar-refractivity contribution in [2.24, 2.45) is 7.05 Å². The van der Waals surface area contributed by atoms with E-state index in [1.807, 2.05) is 26.2 Å². The van der Waals surface area contributed by atoms with Crippen molar-refractivity contribution in [3.63, 3.8) is 0 Å². The van der Waals surface area contributed by atoms with Gasteiger partial charge in [-0.1, -0.05) is 13.8 Å². The first-order chi connectivity index (χ1) is 11.5. The first kappa shape index (κ1) is 16.6. The molecule has 0 fully saturated rings. The fourth-order valence-electron chi connectivity index (χ4n) is 3.12. The molecule has 0 saturated heterocycles. The largest absolute Gasteiger partial charge is 0.347 e. The summed E-state index contributed by atoms with van der Waals surface area (Å²) < 4.78 is 1.65. The lowest BCUT2D eigenvalue weighted by molar-refractivity contribution is 0.0941. The molecule has 0 atom stereocenters. The number of fused-ring (bicyclic) bond motifs is 1. The van der Waals surface area contributed by atoms with Gasteiger partial charge in [0.15, 0.2) is 0 Å². The summed E-state index contributed by atoms with van der Waals surface area (Å²) in [7, 11) is 1.81. The lowest BCUT2D eigenvalue weighted by atomic mass is 9.96. The molecule has 2 aromatic rings. The predicted octanol–water partition coefficient (Wildman–Crippen LogP) is 1.82. The van der Waals surface area contributed by atoms with Gasteiger partial charge in [-0.15, -0.1) is 0 Å². The van der Waals surface area contributed by atoms with Crippen molar-refractivity contribution in [2.75, 3.05) is 6.54 Å². The van der Waals surface area contributed by atoms with E-state index in [1.165, 1.54) is 11.1 Å². The van der Waals surface area contributed by atoms with E-state index in [4.69, 9.17) is 0 Å². The van der Waals surface area contributed by atoms with Gasteiger partial charge in [-0.25, -0.2) is 0 Å². The Kier molecular flexibility index (Phi) is 4.66. The summed E-state index contributed by atoms with van der Waals surface area (Å²) in [5.74, 6) is 0.209. The molecule has 3 rings (SSSR count). The molecule has 1 aliphatic heterocycles. The molecule has 6 nitrogen and oxygen atoms in total. The van der Waals surface area contributed by atoms with Crippen LogP contribution in [0.5, 0.6) is 0 Å². The van der Waals surface area contributed by atoms with Crippen molar-refractivity contribution < 1.29 is 4.79 Å². The molecule has 0 spiro atoms. The highest BCUT2D eigenvalue weighted by Crippen LogP contribution is 2.20. The Morgan fingerprint density at radius 1 is 1.46 bits per heavy atom. The molecule has 1 aliphatic rings. The number of aryl methyl sites for hydroxylation is 2. The monoisotopic (exact) mass is 327 g/mol. The van der Waals surface area contributed by atoms with Gasteiger partial charge in [-0.05, 0) is 48.6 Å². The fourth-order valence-corrected chi connectivity index (χ4v) is 3.12.